The van der Waals surface area contributed by atoms with Crippen LogP contribution in [0.4, 0.5) is 22.0 Å². The van der Waals surface area contributed by atoms with E-state index in [1.54, 1.807) is 12.1 Å². The monoisotopic (exact) mass is 388 g/mol. The van der Waals surface area contributed by atoms with Gasteiger partial charge in [0.2, 0.25) is 5.78 Å². The normalized spacial score (nSPS) is 20.6. The number of ketones is 1. The summed E-state index contributed by atoms with van der Waals surface area (Å²) in [5, 5.41) is 0. The summed E-state index contributed by atoms with van der Waals surface area (Å²) in [6.07, 6.45) is 3.76. The van der Waals surface area contributed by atoms with Gasteiger partial charge < -0.3 is 0 Å². The Balaban J connectivity index is 2.00. The number of benzene rings is 1. The lowest BCUT2D eigenvalue weighted by atomic mass is 9.77. The van der Waals surface area contributed by atoms with Crippen molar-refractivity contribution in [2.75, 3.05) is 0 Å². The number of rotatable bonds is 4. The maximum atomic E-state index is 13.7. The van der Waals surface area contributed by atoms with Gasteiger partial charge >= 0.3 is 12.1 Å². The lowest BCUT2D eigenvalue weighted by Gasteiger charge is -2.28. The van der Waals surface area contributed by atoms with Gasteiger partial charge in [0, 0.05) is 5.56 Å². The van der Waals surface area contributed by atoms with Crippen molar-refractivity contribution in [3.63, 3.8) is 0 Å². The molecule has 0 spiro atoms. The molecule has 2 fully saturated rings. The van der Waals surface area contributed by atoms with E-state index in [0.717, 1.165) is 63.4 Å². The van der Waals surface area contributed by atoms with Crippen LogP contribution in [0, 0.1) is 0 Å². The van der Waals surface area contributed by atoms with Crippen molar-refractivity contribution in [3.8, 4) is 0 Å². The molecule has 0 amide bonds. The number of hydrogen-bond donors (Lipinski definition) is 0. The minimum absolute atomic E-state index is 0.120. The molecule has 0 aliphatic heterocycles. The number of carbonyl (C=O) groups is 1. The highest BCUT2D eigenvalue weighted by molar-refractivity contribution is 6.03. The number of halogens is 5. The molecular formula is C21H25F5O. The smallest absolute Gasteiger partial charge is 0.287 e. The van der Waals surface area contributed by atoms with Crippen molar-refractivity contribution < 1.29 is 26.7 Å². The summed E-state index contributed by atoms with van der Waals surface area (Å²) in [5.41, 5.74) is 0.914. The fourth-order valence-electron chi connectivity index (χ4n) is 4.53. The van der Waals surface area contributed by atoms with Gasteiger partial charge in [-0.15, -0.1) is 0 Å². The Morgan fingerprint density at radius 2 is 1.30 bits per heavy atom. The van der Waals surface area contributed by atoms with Crippen LogP contribution >= 0.6 is 0 Å². The number of alkyl halides is 5. The summed E-state index contributed by atoms with van der Waals surface area (Å²) < 4.78 is 65.7. The van der Waals surface area contributed by atoms with Crippen LogP contribution in [0.1, 0.15) is 97.5 Å². The predicted molar refractivity (Wildman–Crippen MR) is 93.4 cm³/mol. The van der Waals surface area contributed by atoms with E-state index in [1.165, 1.54) is 12.5 Å². The fraction of sp³-hybridized carbons (Fsp3) is 0.667. The average molecular weight is 388 g/mol. The van der Waals surface area contributed by atoms with Gasteiger partial charge in [0.25, 0.3) is 0 Å². The molecular weight excluding hydrogens is 363 g/mol. The number of Topliss-reactive ketones (excluding diaryl/α,β-unsaturated/α-hetero) is 1. The molecule has 2 aliphatic carbocycles. The van der Waals surface area contributed by atoms with E-state index in [9.17, 15) is 26.7 Å². The van der Waals surface area contributed by atoms with Crippen molar-refractivity contribution in [1.82, 2.24) is 0 Å². The van der Waals surface area contributed by atoms with Crippen LogP contribution in [-0.2, 0) is 0 Å². The van der Waals surface area contributed by atoms with Crippen molar-refractivity contribution in [3.05, 3.63) is 34.9 Å². The summed E-state index contributed by atoms with van der Waals surface area (Å²) in [6, 6.07) is 4.56. The zero-order chi connectivity index (χ0) is 19.7. The Morgan fingerprint density at radius 3 is 1.81 bits per heavy atom. The Labute approximate surface area is 156 Å². The molecule has 1 nitrogen and oxygen atoms in total. The molecule has 0 heterocycles. The van der Waals surface area contributed by atoms with Gasteiger partial charge in [-0.1, -0.05) is 56.7 Å². The van der Waals surface area contributed by atoms with E-state index in [1.807, 2.05) is 0 Å². The van der Waals surface area contributed by atoms with E-state index in [-0.39, 0.29) is 5.92 Å². The second kappa shape index (κ2) is 7.88. The summed E-state index contributed by atoms with van der Waals surface area (Å²) in [4.78, 5) is 12.2. The van der Waals surface area contributed by atoms with Crippen LogP contribution in [0.15, 0.2) is 18.2 Å². The van der Waals surface area contributed by atoms with Gasteiger partial charge in [-0.3, -0.25) is 4.79 Å². The van der Waals surface area contributed by atoms with E-state index in [0.29, 0.717) is 11.5 Å². The first-order chi connectivity index (χ1) is 12.7. The summed E-state index contributed by atoms with van der Waals surface area (Å²) >= 11 is 0. The molecule has 27 heavy (non-hydrogen) atoms. The first-order valence-corrected chi connectivity index (χ1v) is 9.85. The first-order valence-electron chi connectivity index (χ1n) is 9.85. The highest BCUT2D eigenvalue weighted by atomic mass is 19.4. The van der Waals surface area contributed by atoms with E-state index >= 15 is 0 Å². The Bertz CT molecular complexity index is 668. The second-order valence-electron chi connectivity index (χ2n) is 7.92. The maximum absolute atomic E-state index is 13.7. The quantitative estimate of drug-likeness (QED) is 0.395. The van der Waals surface area contributed by atoms with Crippen molar-refractivity contribution in [2.45, 2.75) is 88.1 Å². The molecule has 2 saturated carbocycles. The SMILES string of the molecule is O=C(c1ccc(C2CCCCC2)cc1C1CCCCC1)C(F)(F)C(F)(F)F. The standard InChI is InChI=1S/C21H25F5O/c22-20(23,21(24,25)26)19(27)17-12-11-16(14-7-3-1-4-8-14)13-18(17)15-9-5-2-6-10-15/h11-15H,1-10H2. The zero-order valence-electron chi connectivity index (χ0n) is 15.3. The molecule has 0 bridgehead atoms. The van der Waals surface area contributed by atoms with Crippen LogP contribution in [0.2, 0.25) is 0 Å². The molecule has 1 aromatic carbocycles. The summed E-state index contributed by atoms with van der Waals surface area (Å²) in [6.45, 7) is 0. The summed E-state index contributed by atoms with van der Waals surface area (Å²) in [7, 11) is 0. The lowest BCUT2D eigenvalue weighted by Crippen LogP contribution is -2.44. The van der Waals surface area contributed by atoms with Crippen LogP contribution in [0.5, 0.6) is 0 Å². The first kappa shape index (κ1) is 20.3. The molecule has 0 aromatic heterocycles. The van der Waals surface area contributed by atoms with E-state index < -0.39 is 23.4 Å². The third-order valence-electron chi connectivity index (χ3n) is 6.08. The Kier molecular flexibility index (Phi) is 5.92. The molecule has 0 atom stereocenters. The molecule has 3 rings (SSSR count). The largest absolute Gasteiger partial charge is 0.461 e. The molecule has 6 heteroatoms. The highest BCUT2D eigenvalue weighted by Crippen LogP contribution is 2.43. The maximum Gasteiger partial charge on any atom is 0.461 e. The number of carbonyl (C=O) groups excluding carboxylic acids is 1. The lowest BCUT2D eigenvalue weighted by molar-refractivity contribution is -0.255. The fourth-order valence-corrected chi connectivity index (χ4v) is 4.53. The number of hydrogen-bond acceptors (Lipinski definition) is 1. The van der Waals surface area contributed by atoms with Crippen molar-refractivity contribution >= 4 is 5.78 Å². The predicted octanol–water partition coefficient (Wildman–Crippen LogP) is 7.16. The van der Waals surface area contributed by atoms with Crippen LogP contribution in [0.3, 0.4) is 0 Å². The molecule has 0 N–H and O–H groups in total. The highest BCUT2D eigenvalue weighted by Gasteiger charge is 2.63. The molecule has 0 unspecified atom stereocenters. The molecule has 1 aromatic rings. The van der Waals surface area contributed by atoms with Gasteiger partial charge in [-0.05, 0) is 48.6 Å². The van der Waals surface area contributed by atoms with Gasteiger partial charge in [0.05, 0.1) is 0 Å². The minimum atomic E-state index is -5.88. The average Bonchev–Trinajstić information content (AvgIpc) is 2.67. The third-order valence-corrected chi connectivity index (χ3v) is 6.08. The van der Waals surface area contributed by atoms with Gasteiger partial charge in [-0.25, -0.2) is 0 Å². The van der Waals surface area contributed by atoms with Gasteiger partial charge in [0.15, 0.2) is 0 Å². The summed E-state index contributed by atoms with van der Waals surface area (Å²) in [5.74, 6) is -7.30. The third kappa shape index (κ3) is 4.19. The topological polar surface area (TPSA) is 17.1 Å². The molecule has 0 saturated heterocycles. The van der Waals surface area contributed by atoms with Gasteiger partial charge in [0.1, 0.15) is 0 Å². The Hall–Kier alpha value is -1.46. The molecule has 2 aliphatic rings. The van der Waals surface area contributed by atoms with E-state index in [4.69, 9.17) is 0 Å². The van der Waals surface area contributed by atoms with E-state index in [2.05, 4.69) is 0 Å². The van der Waals surface area contributed by atoms with Crippen LogP contribution in [0.25, 0.3) is 0 Å². The zero-order valence-corrected chi connectivity index (χ0v) is 15.3. The van der Waals surface area contributed by atoms with Crippen molar-refractivity contribution in [1.29, 1.82) is 0 Å². The van der Waals surface area contributed by atoms with Crippen LogP contribution < -0.4 is 0 Å². The Morgan fingerprint density at radius 1 is 0.778 bits per heavy atom. The van der Waals surface area contributed by atoms with Gasteiger partial charge in [-0.2, -0.15) is 22.0 Å². The molecule has 150 valence electrons. The molecule has 0 radical (unpaired) electrons. The minimum Gasteiger partial charge on any atom is -0.287 e. The van der Waals surface area contributed by atoms with Crippen molar-refractivity contribution in [2.24, 2.45) is 0 Å². The second-order valence-corrected chi connectivity index (χ2v) is 7.92. The van der Waals surface area contributed by atoms with Crippen LogP contribution in [-0.4, -0.2) is 17.9 Å².